The molecular weight excluding hydrogens is 352 g/mol. The quantitative estimate of drug-likeness (QED) is 0.799. The van der Waals surface area contributed by atoms with Crippen molar-refractivity contribution in [2.75, 3.05) is 32.7 Å². The summed E-state index contributed by atoms with van der Waals surface area (Å²) in [6.07, 6.45) is 1.21. The molecule has 0 unspecified atom stereocenters. The van der Waals surface area contributed by atoms with Crippen LogP contribution >= 0.6 is 27.5 Å². The Balaban J connectivity index is 1.92. The number of hydrogen-bond donors (Lipinski definition) is 0. The number of halogens is 2. The Labute approximate surface area is 140 Å². The highest BCUT2D eigenvalue weighted by molar-refractivity contribution is 9.10. The van der Waals surface area contributed by atoms with Gasteiger partial charge in [-0.2, -0.15) is 0 Å². The van der Waals surface area contributed by atoms with E-state index in [4.69, 9.17) is 11.6 Å². The number of carbonyl (C=O) groups excluding carboxylic acids is 1. The van der Waals surface area contributed by atoms with Crippen molar-refractivity contribution in [3.8, 4) is 0 Å². The predicted molar refractivity (Wildman–Crippen MR) is 91.0 cm³/mol. The van der Waals surface area contributed by atoms with Crippen molar-refractivity contribution in [1.29, 1.82) is 0 Å². The van der Waals surface area contributed by atoms with Gasteiger partial charge in [0.15, 0.2) is 0 Å². The molecule has 1 fully saturated rings. The summed E-state index contributed by atoms with van der Waals surface area (Å²) in [5.74, 6) is 0.759. The van der Waals surface area contributed by atoms with Crippen molar-refractivity contribution in [3.05, 3.63) is 33.3 Å². The molecule has 0 spiro atoms. The van der Waals surface area contributed by atoms with Crippen molar-refractivity contribution in [2.24, 2.45) is 5.92 Å². The molecule has 1 saturated heterocycles. The van der Waals surface area contributed by atoms with E-state index in [1.54, 1.807) is 12.1 Å². The summed E-state index contributed by atoms with van der Waals surface area (Å²) in [6.45, 7) is 9.06. The SMILES string of the molecule is CC(C)CCN1CCN(C(=O)c2cc(Br)ccc2Cl)CC1. The molecule has 2 rings (SSSR count). The summed E-state index contributed by atoms with van der Waals surface area (Å²) < 4.78 is 0.880. The van der Waals surface area contributed by atoms with Crippen molar-refractivity contribution >= 4 is 33.4 Å². The summed E-state index contributed by atoms with van der Waals surface area (Å²) >= 11 is 9.54. The van der Waals surface area contributed by atoms with Crippen LogP contribution in [0.1, 0.15) is 30.6 Å². The second kappa shape index (κ2) is 7.61. The molecule has 0 saturated carbocycles. The van der Waals surface area contributed by atoms with Crippen LogP contribution in [0.5, 0.6) is 0 Å². The number of nitrogens with zero attached hydrogens (tertiary/aromatic N) is 2. The van der Waals surface area contributed by atoms with Crippen LogP contribution in [0.3, 0.4) is 0 Å². The smallest absolute Gasteiger partial charge is 0.255 e. The first-order valence-corrected chi connectivity index (χ1v) is 8.61. The first-order valence-electron chi connectivity index (χ1n) is 7.44. The molecule has 21 heavy (non-hydrogen) atoms. The van der Waals surface area contributed by atoms with Gasteiger partial charge in [0.25, 0.3) is 5.91 Å². The largest absolute Gasteiger partial charge is 0.336 e. The van der Waals surface area contributed by atoms with Gasteiger partial charge in [-0.05, 0) is 37.1 Å². The maximum absolute atomic E-state index is 12.5. The van der Waals surface area contributed by atoms with E-state index in [1.165, 1.54) is 6.42 Å². The van der Waals surface area contributed by atoms with Crippen LogP contribution in [0.4, 0.5) is 0 Å². The fourth-order valence-electron chi connectivity index (χ4n) is 2.45. The van der Waals surface area contributed by atoms with Gasteiger partial charge >= 0.3 is 0 Å². The van der Waals surface area contributed by atoms with E-state index in [9.17, 15) is 4.79 Å². The lowest BCUT2D eigenvalue weighted by Crippen LogP contribution is -2.49. The highest BCUT2D eigenvalue weighted by Crippen LogP contribution is 2.23. The summed E-state index contributed by atoms with van der Waals surface area (Å²) in [5, 5.41) is 0.519. The lowest BCUT2D eigenvalue weighted by molar-refractivity contribution is 0.0632. The van der Waals surface area contributed by atoms with Crippen LogP contribution in [0.15, 0.2) is 22.7 Å². The Morgan fingerprint density at radius 1 is 1.29 bits per heavy atom. The van der Waals surface area contributed by atoms with E-state index >= 15 is 0 Å². The van der Waals surface area contributed by atoms with Gasteiger partial charge in [0, 0.05) is 30.7 Å². The van der Waals surface area contributed by atoms with Crippen molar-refractivity contribution in [2.45, 2.75) is 20.3 Å². The molecule has 0 aromatic heterocycles. The Hall–Kier alpha value is -0.580. The number of hydrogen-bond acceptors (Lipinski definition) is 2. The third-order valence-corrected chi connectivity index (χ3v) is 4.66. The van der Waals surface area contributed by atoms with Gasteiger partial charge in [-0.25, -0.2) is 0 Å². The number of carbonyl (C=O) groups is 1. The van der Waals surface area contributed by atoms with Crippen molar-refractivity contribution < 1.29 is 4.79 Å². The molecule has 1 aliphatic heterocycles. The van der Waals surface area contributed by atoms with E-state index in [2.05, 4.69) is 34.7 Å². The lowest BCUT2D eigenvalue weighted by atomic mass is 10.1. The third-order valence-electron chi connectivity index (χ3n) is 3.84. The van der Waals surface area contributed by atoms with Gasteiger partial charge in [-0.15, -0.1) is 0 Å². The second-order valence-corrected chi connectivity index (χ2v) is 7.26. The van der Waals surface area contributed by atoms with E-state index in [0.29, 0.717) is 10.6 Å². The highest BCUT2D eigenvalue weighted by atomic mass is 79.9. The average molecular weight is 374 g/mol. The van der Waals surface area contributed by atoms with Crippen LogP contribution in [0, 0.1) is 5.92 Å². The maximum atomic E-state index is 12.5. The van der Waals surface area contributed by atoms with Crippen LogP contribution in [0.2, 0.25) is 5.02 Å². The summed E-state index contributed by atoms with van der Waals surface area (Å²) in [7, 11) is 0. The molecule has 1 amide bonds. The van der Waals surface area contributed by atoms with Gasteiger partial charge in [0.1, 0.15) is 0 Å². The molecule has 1 aromatic rings. The Bertz CT molecular complexity index is 499. The number of benzene rings is 1. The van der Waals surface area contributed by atoms with Crippen molar-refractivity contribution in [1.82, 2.24) is 9.80 Å². The predicted octanol–water partition coefficient (Wildman–Crippen LogP) is 3.91. The van der Waals surface area contributed by atoms with E-state index in [1.807, 2.05) is 11.0 Å². The fourth-order valence-corrected chi connectivity index (χ4v) is 3.01. The zero-order valence-corrected chi connectivity index (χ0v) is 15.0. The number of piperazine rings is 1. The summed E-state index contributed by atoms with van der Waals surface area (Å²) in [6, 6.07) is 5.41. The molecule has 3 nitrogen and oxygen atoms in total. The van der Waals surface area contributed by atoms with Gasteiger partial charge < -0.3 is 4.90 Å². The number of rotatable bonds is 4. The molecule has 1 heterocycles. The average Bonchev–Trinajstić information content (AvgIpc) is 2.47. The summed E-state index contributed by atoms with van der Waals surface area (Å²) in [5.41, 5.74) is 0.585. The zero-order valence-electron chi connectivity index (χ0n) is 12.6. The van der Waals surface area contributed by atoms with Crippen LogP contribution in [-0.4, -0.2) is 48.4 Å². The number of amides is 1. The molecule has 0 bridgehead atoms. The molecule has 0 N–H and O–H groups in total. The minimum atomic E-state index is 0.0322. The van der Waals surface area contributed by atoms with E-state index in [-0.39, 0.29) is 5.91 Å². The maximum Gasteiger partial charge on any atom is 0.255 e. The molecule has 1 aromatic carbocycles. The minimum Gasteiger partial charge on any atom is -0.336 e. The first kappa shape index (κ1) is 16.8. The highest BCUT2D eigenvalue weighted by Gasteiger charge is 2.23. The van der Waals surface area contributed by atoms with Crippen LogP contribution in [0.25, 0.3) is 0 Å². The topological polar surface area (TPSA) is 23.6 Å². The summed E-state index contributed by atoms with van der Waals surface area (Å²) in [4.78, 5) is 16.9. The molecular formula is C16H22BrClN2O. The molecule has 0 aliphatic carbocycles. The van der Waals surface area contributed by atoms with Crippen LogP contribution < -0.4 is 0 Å². The zero-order chi connectivity index (χ0) is 15.4. The second-order valence-electron chi connectivity index (χ2n) is 5.94. The Morgan fingerprint density at radius 2 is 1.95 bits per heavy atom. The van der Waals surface area contributed by atoms with E-state index in [0.717, 1.165) is 43.1 Å². The van der Waals surface area contributed by atoms with E-state index < -0.39 is 0 Å². The van der Waals surface area contributed by atoms with Gasteiger partial charge in [-0.3, -0.25) is 9.69 Å². The fraction of sp³-hybridized carbons (Fsp3) is 0.562. The van der Waals surface area contributed by atoms with Gasteiger partial charge in [-0.1, -0.05) is 41.4 Å². The Morgan fingerprint density at radius 3 is 2.57 bits per heavy atom. The van der Waals surface area contributed by atoms with Crippen LogP contribution in [-0.2, 0) is 0 Å². The first-order chi connectivity index (χ1) is 9.97. The third kappa shape index (κ3) is 4.70. The van der Waals surface area contributed by atoms with Gasteiger partial charge in [0.2, 0.25) is 0 Å². The lowest BCUT2D eigenvalue weighted by Gasteiger charge is -2.35. The molecule has 5 heteroatoms. The Kier molecular flexibility index (Phi) is 6.08. The molecule has 0 atom stereocenters. The molecule has 116 valence electrons. The molecule has 0 radical (unpaired) electrons. The monoisotopic (exact) mass is 372 g/mol. The standard InChI is InChI=1S/C16H22BrClN2O/c1-12(2)5-6-19-7-9-20(10-8-19)16(21)14-11-13(17)3-4-15(14)18/h3-4,11-12H,5-10H2,1-2H3. The normalized spacial score (nSPS) is 16.5. The minimum absolute atomic E-state index is 0.0322. The molecule has 1 aliphatic rings. The van der Waals surface area contributed by atoms with Crippen molar-refractivity contribution in [3.63, 3.8) is 0 Å². The van der Waals surface area contributed by atoms with Gasteiger partial charge in [0.05, 0.1) is 10.6 Å².